The Kier molecular flexibility index (Phi) is 9.35. The van der Waals surface area contributed by atoms with Gasteiger partial charge in [-0.3, -0.25) is 0 Å². The van der Waals surface area contributed by atoms with E-state index >= 15 is 0 Å². The molecule has 0 aliphatic rings. The number of benzene rings is 6. The first-order valence-corrected chi connectivity index (χ1v) is 15.9. The minimum Gasteiger partial charge on any atom is -0.494 e. The molecule has 6 aromatic carbocycles. The predicted octanol–water partition coefficient (Wildman–Crippen LogP) is 11.7. The van der Waals surface area contributed by atoms with Crippen LogP contribution in [0.5, 0.6) is 11.5 Å². The van der Waals surface area contributed by atoms with Gasteiger partial charge in [0.15, 0.2) is 0 Å². The number of anilines is 6. The van der Waals surface area contributed by atoms with Crippen molar-refractivity contribution in [3.05, 3.63) is 157 Å². The Morgan fingerprint density at radius 3 is 1.09 bits per heavy atom. The molecular weight excluding hydrogens is 564 g/mol. The molecule has 0 saturated carbocycles. The number of aryl methyl sites for hydroxylation is 2. The third-order valence-corrected chi connectivity index (χ3v) is 7.88. The molecule has 0 aliphatic heterocycles. The maximum Gasteiger partial charge on any atom is 0.121 e. The normalized spacial score (nSPS) is 10.8. The molecule has 0 radical (unpaired) electrons. The molecule has 4 heteroatoms. The lowest BCUT2D eigenvalue weighted by molar-refractivity contribution is 0.340. The number of nitrogens with zero attached hydrogens (tertiary/aromatic N) is 2. The third kappa shape index (κ3) is 6.92. The summed E-state index contributed by atoms with van der Waals surface area (Å²) in [5.41, 5.74) is 11.3. The molecule has 0 saturated heterocycles. The summed E-state index contributed by atoms with van der Waals surface area (Å²) in [6, 6.07) is 51.3. The van der Waals surface area contributed by atoms with E-state index in [4.69, 9.17) is 9.47 Å². The van der Waals surface area contributed by atoms with Crippen LogP contribution in [0.2, 0.25) is 0 Å². The summed E-state index contributed by atoms with van der Waals surface area (Å²) in [5.74, 6) is 1.68. The van der Waals surface area contributed by atoms with Gasteiger partial charge in [0, 0.05) is 46.3 Å². The van der Waals surface area contributed by atoms with Crippen molar-refractivity contribution in [3.63, 3.8) is 0 Å². The minimum absolute atomic E-state index is 0.616. The van der Waals surface area contributed by atoms with Crippen LogP contribution in [0.1, 0.15) is 25.0 Å². The Morgan fingerprint density at radius 1 is 0.391 bits per heavy atom. The van der Waals surface area contributed by atoms with Crippen molar-refractivity contribution in [2.45, 2.75) is 27.7 Å². The summed E-state index contributed by atoms with van der Waals surface area (Å²) >= 11 is 0. The lowest BCUT2D eigenvalue weighted by Gasteiger charge is -2.27. The summed E-state index contributed by atoms with van der Waals surface area (Å²) in [6.07, 6.45) is 0. The van der Waals surface area contributed by atoms with E-state index < -0.39 is 0 Å². The van der Waals surface area contributed by atoms with E-state index in [1.54, 1.807) is 0 Å². The van der Waals surface area contributed by atoms with Crippen molar-refractivity contribution in [2.24, 2.45) is 0 Å². The van der Waals surface area contributed by atoms with Crippen molar-refractivity contribution in [1.82, 2.24) is 0 Å². The standard InChI is InChI=1S/C42H40N2O2/c1-5-45-41-17-9-15-39(29-41)44(40-16-10-18-42(30-40)46-6-2)36-25-21-34(22-26-36)33-19-23-35(24-20-33)43(37-13-7-11-31(3)27-37)38-14-8-12-32(4)28-38/h7-30H,5-6H2,1-4H3. The molecular formula is C42H40N2O2. The molecule has 6 rings (SSSR count). The largest absolute Gasteiger partial charge is 0.494 e. The second kappa shape index (κ2) is 14.1. The molecule has 4 nitrogen and oxygen atoms in total. The van der Waals surface area contributed by atoms with Gasteiger partial charge in [0.1, 0.15) is 11.5 Å². The molecule has 0 aliphatic carbocycles. The fraction of sp³-hybridized carbons (Fsp3) is 0.143. The van der Waals surface area contributed by atoms with Gasteiger partial charge in [0.05, 0.1) is 13.2 Å². The van der Waals surface area contributed by atoms with Crippen LogP contribution in [0.25, 0.3) is 11.1 Å². The lowest BCUT2D eigenvalue weighted by Crippen LogP contribution is -2.10. The van der Waals surface area contributed by atoms with Gasteiger partial charge < -0.3 is 19.3 Å². The quantitative estimate of drug-likeness (QED) is 0.147. The highest BCUT2D eigenvalue weighted by molar-refractivity contribution is 5.81. The van der Waals surface area contributed by atoms with Crippen LogP contribution >= 0.6 is 0 Å². The fourth-order valence-electron chi connectivity index (χ4n) is 5.79. The molecule has 0 N–H and O–H groups in total. The van der Waals surface area contributed by atoms with Crippen LogP contribution in [0.3, 0.4) is 0 Å². The van der Waals surface area contributed by atoms with Crippen LogP contribution in [0.15, 0.2) is 146 Å². The van der Waals surface area contributed by atoms with Gasteiger partial charge in [0.2, 0.25) is 0 Å². The first-order chi connectivity index (χ1) is 22.5. The summed E-state index contributed by atoms with van der Waals surface area (Å²) in [6.45, 7) is 9.51. The predicted molar refractivity (Wildman–Crippen MR) is 193 cm³/mol. The molecule has 0 aromatic heterocycles. The molecule has 0 amide bonds. The van der Waals surface area contributed by atoms with Crippen molar-refractivity contribution in [3.8, 4) is 22.6 Å². The molecule has 230 valence electrons. The van der Waals surface area contributed by atoms with Gasteiger partial charge in [-0.05, 0) is 123 Å². The topological polar surface area (TPSA) is 24.9 Å². The second-order valence-corrected chi connectivity index (χ2v) is 11.3. The Hall–Kier alpha value is -5.48. The number of hydrogen-bond acceptors (Lipinski definition) is 4. The molecule has 0 unspecified atom stereocenters. The van der Waals surface area contributed by atoms with Gasteiger partial charge in [-0.25, -0.2) is 0 Å². The number of hydrogen-bond donors (Lipinski definition) is 0. The van der Waals surface area contributed by atoms with E-state index in [1.165, 1.54) is 11.1 Å². The van der Waals surface area contributed by atoms with Crippen molar-refractivity contribution < 1.29 is 9.47 Å². The van der Waals surface area contributed by atoms with E-state index in [9.17, 15) is 0 Å². The molecule has 0 atom stereocenters. The lowest BCUT2D eigenvalue weighted by atomic mass is 10.0. The van der Waals surface area contributed by atoms with Gasteiger partial charge in [-0.2, -0.15) is 0 Å². The van der Waals surface area contributed by atoms with Gasteiger partial charge in [0.25, 0.3) is 0 Å². The van der Waals surface area contributed by atoms with Gasteiger partial charge in [-0.1, -0.05) is 60.7 Å². The zero-order chi connectivity index (χ0) is 31.9. The Morgan fingerprint density at radius 2 is 0.739 bits per heavy atom. The molecule has 0 spiro atoms. The Labute approximate surface area is 273 Å². The Balaban J connectivity index is 1.33. The van der Waals surface area contributed by atoms with Gasteiger partial charge >= 0.3 is 0 Å². The maximum atomic E-state index is 5.85. The first-order valence-electron chi connectivity index (χ1n) is 15.9. The molecule has 46 heavy (non-hydrogen) atoms. The van der Waals surface area contributed by atoms with Crippen LogP contribution in [0.4, 0.5) is 34.1 Å². The van der Waals surface area contributed by atoms with Crippen LogP contribution in [-0.4, -0.2) is 13.2 Å². The smallest absolute Gasteiger partial charge is 0.121 e. The summed E-state index contributed by atoms with van der Waals surface area (Å²) in [5, 5.41) is 0. The first kappa shape index (κ1) is 30.5. The fourth-order valence-corrected chi connectivity index (χ4v) is 5.79. The Bertz CT molecular complexity index is 1800. The van der Waals surface area contributed by atoms with Gasteiger partial charge in [-0.15, -0.1) is 0 Å². The highest BCUT2D eigenvalue weighted by Gasteiger charge is 2.16. The van der Waals surface area contributed by atoms with E-state index in [2.05, 4.69) is 145 Å². The monoisotopic (exact) mass is 604 g/mol. The molecule has 0 fully saturated rings. The highest BCUT2D eigenvalue weighted by Crippen LogP contribution is 2.39. The number of rotatable bonds is 11. The summed E-state index contributed by atoms with van der Waals surface area (Å²) in [7, 11) is 0. The van der Waals surface area contributed by atoms with Crippen LogP contribution in [-0.2, 0) is 0 Å². The molecule has 0 heterocycles. The maximum absolute atomic E-state index is 5.85. The van der Waals surface area contributed by atoms with E-state index in [-0.39, 0.29) is 0 Å². The summed E-state index contributed by atoms with van der Waals surface area (Å²) in [4.78, 5) is 4.55. The van der Waals surface area contributed by atoms with Crippen molar-refractivity contribution >= 4 is 34.1 Å². The average molecular weight is 605 g/mol. The third-order valence-electron chi connectivity index (χ3n) is 7.88. The number of ether oxygens (including phenoxy) is 2. The minimum atomic E-state index is 0.616. The molecule has 6 aromatic rings. The zero-order valence-corrected chi connectivity index (χ0v) is 27.0. The van der Waals surface area contributed by atoms with Crippen molar-refractivity contribution in [2.75, 3.05) is 23.0 Å². The highest BCUT2D eigenvalue weighted by atomic mass is 16.5. The summed E-state index contributed by atoms with van der Waals surface area (Å²) < 4.78 is 11.7. The van der Waals surface area contributed by atoms with E-state index in [1.807, 2.05) is 38.1 Å². The van der Waals surface area contributed by atoms with Crippen LogP contribution in [0, 0.1) is 13.8 Å². The van der Waals surface area contributed by atoms with E-state index in [0.717, 1.165) is 56.8 Å². The SMILES string of the molecule is CCOc1cccc(N(c2ccc(-c3ccc(N(c4cccc(C)c4)c4cccc(C)c4)cc3)cc2)c2cccc(OCC)c2)c1. The second-order valence-electron chi connectivity index (χ2n) is 11.3. The molecule has 0 bridgehead atoms. The average Bonchev–Trinajstić information content (AvgIpc) is 3.07. The van der Waals surface area contributed by atoms with Crippen molar-refractivity contribution in [1.29, 1.82) is 0 Å². The zero-order valence-electron chi connectivity index (χ0n) is 27.0. The van der Waals surface area contributed by atoms with E-state index in [0.29, 0.717) is 13.2 Å². The van der Waals surface area contributed by atoms with Crippen LogP contribution < -0.4 is 19.3 Å².